The van der Waals surface area contributed by atoms with Crippen LogP contribution in [-0.4, -0.2) is 80.0 Å². The minimum absolute atomic E-state index is 0.0402. The molecule has 1 aromatic carbocycles. The van der Waals surface area contributed by atoms with Gasteiger partial charge in [0.1, 0.15) is 6.61 Å². The van der Waals surface area contributed by atoms with E-state index in [1.807, 2.05) is 38.2 Å². The maximum atomic E-state index is 13.2. The van der Waals surface area contributed by atoms with E-state index >= 15 is 0 Å². The first-order valence-electron chi connectivity index (χ1n) is 9.74. The summed E-state index contributed by atoms with van der Waals surface area (Å²) in [4.78, 5) is 31.3. The number of piperidine rings is 1. The highest BCUT2D eigenvalue weighted by Gasteiger charge is 2.42. The van der Waals surface area contributed by atoms with Crippen LogP contribution in [0.1, 0.15) is 30.0 Å². The number of likely N-dealkylation sites (tertiary alicyclic amines) is 1. The summed E-state index contributed by atoms with van der Waals surface area (Å²) in [6, 6.07) is 7.51. The Morgan fingerprint density at radius 3 is 2.56 bits per heavy atom. The molecule has 0 aliphatic carbocycles. The van der Waals surface area contributed by atoms with Crippen LogP contribution in [-0.2, 0) is 14.3 Å². The van der Waals surface area contributed by atoms with Crippen LogP contribution < -0.4 is 0 Å². The zero-order valence-corrected chi connectivity index (χ0v) is 16.9. The third kappa shape index (κ3) is 4.33. The predicted molar refractivity (Wildman–Crippen MR) is 104 cm³/mol. The number of hydrogen-bond donors (Lipinski definition) is 0. The highest BCUT2D eigenvalue weighted by Crippen LogP contribution is 2.32. The van der Waals surface area contributed by atoms with Gasteiger partial charge in [-0.25, -0.2) is 0 Å². The molecule has 6 heteroatoms. The molecule has 27 heavy (non-hydrogen) atoms. The van der Waals surface area contributed by atoms with Gasteiger partial charge >= 0.3 is 0 Å². The summed E-state index contributed by atoms with van der Waals surface area (Å²) in [7, 11) is 5.76. The molecule has 2 amide bonds. The Bertz CT molecular complexity index is 685. The molecule has 2 aliphatic rings. The van der Waals surface area contributed by atoms with Crippen molar-refractivity contribution in [1.29, 1.82) is 0 Å². The van der Waals surface area contributed by atoms with Gasteiger partial charge in [-0.15, -0.1) is 0 Å². The quantitative estimate of drug-likeness (QED) is 0.806. The molecule has 2 saturated heterocycles. The number of carbonyl (C=O) groups is 2. The first kappa shape index (κ1) is 19.8. The molecule has 0 radical (unpaired) electrons. The van der Waals surface area contributed by atoms with E-state index in [9.17, 15) is 9.59 Å². The number of benzene rings is 1. The Balaban J connectivity index is 1.76. The molecule has 6 nitrogen and oxygen atoms in total. The summed E-state index contributed by atoms with van der Waals surface area (Å²) in [5.74, 6) is 0.391. The fraction of sp³-hybridized carbons (Fsp3) is 0.619. The van der Waals surface area contributed by atoms with E-state index in [1.54, 1.807) is 16.8 Å². The topological polar surface area (TPSA) is 53.1 Å². The van der Waals surface area contributed by atoms with Crippen LogP contribution in [0, 0.1) is 12.8 Å². The number of rotatable bonds is 4. The van der Waals surface area contributed by atoms with Gasteiger partial charge in [-0.05, 0) is 56.9 Å². The number of morpholine rings is 1. The molecule has 0 aromatic heterocycles. The SMILES string of the molecule is Cc1ccccc1[C@@H]1[C@@H](C(=O)N(C)CC2CCN(C)CC2)OCC(=O)N1C. The van der Waals surface area contributed by atoms with Crippen molar-refractivity contribution in [2.45, 2.75) is 31.9 Å². The molecular weight excluding hydrogens is 342 g/mol. The number of likely N-dealkylation sites (N-methyl/N-ethyl adjacent to an activating group) is 2. The smallest absolute Gasteiger partial charge is 0.253 e. The second kappa shape index (κ2) is 8.40. The number of aryl methyl sites for hydroxylation is 1. The summed E-state index contributed by atoms with van der Waals surface area (Å²) < 4.78 is 5.78. The van der Waals surface area contributed by atoms with Crippen molar-refractivity contribution in [3.05, 3.63) is 35.4 Å². The fourth-order valence-corrected chi connectivity index (χ4v) is 4.15. The summed E-state index contributed by atoms with van der Waals surface area (Å²) in [6.07, 6.45) is 1.56. The molecular formula is C21H31N3O3. The van der Waals surface area contributed by atoms with Gasteiger partial charge in [-0.3, -0.25) is 9.59 Å². The van der Waals surface area contributed by atoms with Crippen LogP contribution in [0.2, 0.25) is 0 Å². The molecule has 1 aromatic rings. The average molecular weight is 373 g/mol. The molecule has 2 aliphatic heterocycles. The van der Waals surface area contributed by atoms with Crippen molar-refractivity contribution in [3.8, 4) is 0 Å². The van der Waals surface area contributed by atoms with Gasteiger partial charge in [0, 0.05) is 20.6 Å². The molecule has 148 valence electrons. The molecule has 2 heterocycles. The number of amides is 2. The highest BCUT2D eigenvalue weighted by molar-refractivity contribution is 5.86. The average Bonchev–Trinajstić information content (AvgIpc) is 2.66. The van der Waals surface area contributed by atoms with E-state index in [2.05, 4.69) is 11.9 Å². The van der Waals surface area contributed by atoms with E-state index in [1.165, 1.54) is 0 Å². The Morgan fingerprint density at radius 2 is 1.89 bits per heavy atom. The van der Waals surface area contributed by atoms with Crippen molar-refractivity contribution in [2.24, 2.45) is 5.92 Å². The Kier molecular flexibility index (Phi) is 6.17. The van der Waals surface area contributed by atoms with Gasteiger partial charge in [0.25, 0.3) is 5.91 Å². The summed E-state index contributed by atoms with van der Waals surface area (Å²) in [6.45, 7) is 4.86. The van der Waals surface area contributed by atoms with Crippen LogP contribution in [0.25, 0.3) is 0 Å². The summed E-state index contributed by atoms with van der Waals surface area (Å²) >= 11 is 0. The van der Waals surface area contributed by atoms with E-state index < -0.39 is 6.10 Å². The first-order valence-corrected chi connectivity index (χ1v) is 9.74. The Hall–Kier alpha value is -1.92. The largest absolute Gasteiger partial charge is 0.356 e. The lowest BCUT2D eigenvalue weighted by atomic mass is 9.93. The predicted octanol–water partition coefficient (Wildman–Crippen LogP) is 1.69. The van der Waals surface area contributed by atoms with Crippen LogP contribution in [0.5, 0.6) is 0 Å². The maximum Gasteiger partial charge on any atom is 0.253 e. The fourth-order valence-electron chi connectivity index (χ4n) is 4.15. The molecule has 0 unspecified atom stereocenters. The van der Waals surface area contributed by atoms with E-state index in [0.717, 1.165) is 43.6 Å². The number of ether oxygens (including phenoxy) is 1. The molecule has 0 bridgehead atoms. The van der Waals surface area contributed by atoms with Gasteiger partial charge < -0.3 is 19.4 Å². The Labute approximate surface area is 162 Å². The van der Waals surface area contributed by atoms with Gasteiger partial charge in [0.15, 0.2) is 6.10 Å². The minimum atomic E-state index is -0.662. The zero-order chi connectivity index (χ0) is 19.6. The van der Waals surface area contributed by atoms with Gasteiger partial charge in [0.05, 0.1) is 6.04 Å². The molecule has 0 N–H and O–H groups in total. The van der Waals surface area contributed by atoms with Crippen molar-refractivity contribution < 1.29 is 14.3 Å². The molecule has 2 fully saturated rings. The Morgan fingerprint density at radius 1 is 1.22 bits per heavy atom. The third-order valence-electron chi connectivity index (χ3n) is 5.98. The van der Waals surface area contributed by atoms with Gasteiger partial charge in [-0.2, -0.15) is 0 Å². The maximum absolute atomic E-state index is 13.2. The number of hydrogen-bond acceptors (Lipinski definition) is 4. The summed E-state index contributed by atoms with van der Waals surface area (Å²) in [5, 5.41) is 0. The van der Waals surface area contributed by atoms with Crippen molar-refractivity contribution >= 4 is 11.8 Å². The third-order valence-corrected chi connectivity index (χ3v) is 5.98. The summed E-state index contributed by atoms with van der Waals surface area (Å²) in [5.41, 5.74) is 2.03. The zero-order valence-electron chi connectivity index (χ0n) is 16.9. The molecule has 0 spiro atoms. The van der Waals surface area contributed by atoms with Crippen LogP contribution >= 0.6 is 0 Å². The van der Waals surface area contributed by atoms with Crippen molar-refractivity contribution in [3.63, 3.8) is 0 Å². The van der Waals surface area contributed by atoms with E-state index in [-0.39, 0.29) is 24.5 Å². The van der Waals surface area contributed by atoms with Crippen molar-refractivity contribution in [1.82, 2.24) is 14.7 Å². The molecule has 2 atom stereocenters. The lowest BCUT2D eigenvalue weighted by Gasteiger charge is -2.41. The standard InChI is InChI=1S/C21H31N3O3/c1-15-7-5-6-8-17(15)19-20(27-14-18(25)24(19)4)21(26)23(3)13-16-9-11-22(2)12-10-16/h5-8,16,19-20H,9-14H2,1-4H3/t19-,20+/m1/s1. The molecule has 0 saturated carbocycles. The monoisotopic (exact) mass is 373 g/mol. The number of carbonyl (C=O) groups excluding carboxylic acids is 2. The second-order valence-electron chi connectivity index (χ2n) is 8.00. The lowest BCUT2D eigenvalue weighted by molar-refractivity contribution is -0.167. The van der Waals surface area contributed by atoms with Gasteiger partial charge in [-0.1, -0.05) is 24.3 Å². The van der Waals surface area contributed by atoms with Gasteiger partial charge in [0.2, 0.25) is 5.91 Å². The van der Waals surface area contributed by atoms with Crippen LogP contribution in [0.15, 0.2) is 24.3 Å². The minimum Gasteiger partial charge on any atom is -0.356 e. The second-order valence-corrected chi connectivity index (χ2v) is 8.00. The van der Waals surface area contributed by atoms with E-state index in [4.69, 9.17) is 4.74 Å². The number of nitrogens with zero attached hydrogens (tertiary/aromatic N) is 3. The lowest BCUT2D eigenvalue weighted by Crippen LogP contribution is -2.54. The van der Waals surface area contributed by atoms with Crippen LogP contribution in [0.3, 0.4) is 0 Å². The highest BCUT2D eigenvalue weighted by atomic mass is 16.5. The van der Waals surface area contributed by atoms with Crippen LogP contribution in [0.4, 0.5) is 0 Å². The van der Waals surface area contributed by atoms with E-state index in [0.29, 0.717) is 5.92 Å². The molecule has 3 rings (SSSR count). The van der Waals surface area contributed by atoms with Crippen molar-refractivity contribution in [2.75, 3.05) is 47.4 Å². The first-order chi connectivity index (χ1) is 12.9. The normalized spacial score (nSPS) is 24.9.